The lowest BCUT2D eigenvalue weighted by molar-refractivity contribution is -0.119. The fraction of sp³-hybridized carbons (Fsp3) is 0.318. The van der Waals surface area contributed by atoms with Crippen molar-refractivity contribution in [3.8, 4) is 22.8 Å². The second-order valence-electron chi connectivity index (χ2n) is 7.00. The normalized spacial score (nSPS) is 16.9. The van der Waals surface area contributed by atoms with E-state index < -0.39 is 0 Å². The van der Waals surface area contributed by atoms with Gasteiger partial charge in [-0.3, -0.25) is 9.36 Å². The predicted molar refractivity (Wildman–Crippen MR) is 111 cm³/mol. The first-order valence-electron chi connectivity index (χ1n) is 9.52. The Bertz CT molecular complexity index is 982. The van der Waals surface area contributed by atoms with Gasteiger partial charge in [-0.05, 0) is 44.0 Å². The van der Waals surface area contributed by atoms with E-state index in [1.54, 1.807) is 7.11 Å². The van der Waals surface area contributed by atoms with Crippen molar-refractivity contribution in [2.75, 3.05) is 7.11 Å². The van der Waals surface area contributed by atoms with E-state index in [0.717, 1.165) is 41.4 Å². The summed E-state index contributed by atoms with van der Waals surface area (Å²) in [6, 6.07) is 16.1. The summed E-state index contributed by atoms with van der Waals surface area (Å²) >= 11 is 1.53. The number of ether oxygens (including phenoxy) is 1. The van der Waals surface area contributed by atoms with E-state index in [1.165, 1.54) is 17.3 Å². The van der Waals surface area contributed by atoms with Gasteiger partial charge in [-0.25, -0.2) is 0 Å². The molecule has 1 aromatic heterocycles. The van der Waals surface area contributed by atoms with E-state index in [9.17, 15) is 4.79 Å². The molecule has 0 bridgehead atoms. The van der Waals surface area contributed by atoms with Gasteiger partial charge in [0, 0.05) is 12.1 Å². The molecule has 28 heavy (non-hydrogen) atoms. The zero-order chi connectivity index (χ0) is 19.5. The molecule has 0 amide bonds. The number of para-hydroxylation sites is 1. The Morgan fingerprint density at radius 1 is 1.07 bits per heavy atom. The average Bonchev–Trinajstić information content (AvgIpc) is 3.13. The van der Waals surface area contributed by atoms with Crippen molar-refractivity contribution in [3.05, 3.63) is 54.1 Å². The van der Waals surface area contributed by atoms with E-state index in [1.807, 2.05) is 28.8 Å². The number of hydrogen-bond donors (Lipinski definition) is 0. The number of aromatic nitrogens is 3. The lowest BCUT2D eigenvalue weighted by Crippen LogP contribution is -2.21. The van der Waals surface area contributed by atoms with Crippen LogP contribution >= 0.6 is 11.8 Å². The minimum Gasteiger partial charge on any atom is -0.496 e. The van der Waals surface area contributed by atoms with Crippen LogP contribution in [0.15, 0.2) is 53.7 Å². The smallest absolute Gasteiger partial charge is 0.196 e. The van der Waals surface area contributed by atoms with Gasteiger partial charge in [0.05, 0.1) is 17.9 Å². The molecule has 0 radical (unpaired) electrons. The van der Waals surface area contributed by atoms with E-state index in [2.05, 4.69) is 41.4 Å². The van der Waals surface area contributed by atoms with Crippen LogP contribution in [-0.4, -0.2) is 32.9 Å². The molecule has 4 rings (SSSR count). The third kappa shape index (κ3) is 3.69. The van der Waals surface area contributed by atoms with Crippen LogP contribution in [-0.2, 0) is 4.79 Å². The molecule has 0 saturated heterocycles. The number of carbonyl (C=O) groups is 1. The van der Waals surface area contributed by atoms with Gasteiger partial charge in [0.2, 0.25) is 0 Å². The number of nitrogens with zero attached hydrogens (tertiary/aromatic N) is 3. The summed E-state index contributed by atoms with van der Waals surface area (Å²) in [6.07, 6.45) is 3.64. The second-order valence-corrected chi connectivity index (χ2v) is 8.17. The monoisotopic (exact) mass is 393 g/mol. The minimum atomic E-state index is -0.0485. The Morgan fingerprint density at radius 3 is 2.61 bits per heavy atom. The van der Waals surface area contributed by atoms with Crippen LogP contribution in [0.1, 0.15) is 31.2 Å². The van der Waals surface area contributed by atoms with Crippen LogP contribution in [0.2, 0.25) is 0 Å². The fourth-order valence-corrected chi connectivity index (χ4v) is 4.65. The largest absolute Gasteiger partial charge is 0.496 e. The molecule has 0 aliphatic heterocycles. The number of ketones is 1. The molecule has 1 aliphatic carbocycles. The molecule has 0 spiro atoms. The van der Waals surface area contributed by atoms with Gasteiger partial charge < -0.3 is 4.74 Å². The summed E-state index contributed by atoms with van der Waals surface area (Å²) in [5.74, 6) is 1.77. The van der Waals surface area contributed by atoms with Crippen LogP contribution < -0.4 is 4.74 Å². The van der Waals surface area contributed by atoms with Gasteiger partial charge in [0.1, 0.15) is 11.5 Å². The van der Waals surface area contributed by atoms with Gasteiger partial charge in [0.25, 0.3) is 0 Å². The molecule has 1 heterocycles. The molecule has 1 aliphatic rings. The Morgan fingerprint density at radius 2 is 1.86 bits per heavy atom. The maximum Gasteiger partial charge on any atom is 0.196 e. The zero-order valence-electron chi connectivity index (χ0n) is 16.1. The summed E-state index contributed by atoms with van der Waals surface area (Å²) in [5.41, 5.74) is 3.04. The average molecular weight is 394 g/mol. The molecular formula is C22H23N3O2S. The zero-order valence-corrected chi connectivity index (χ0v) is 16.9. The van der Waals surface area contributed by atoms with Crippen molar-refractivity contribution >= 4 is 17.5 Å². The van der Waals surface area contributed by atoms with Crippen LogP contribution in [0.25, 0.3) is 17.1 Å². The first-order chi connectivity index (χ1) is 13.7. The number of aryl methyl sites for hydroxylation is 1. The highest BCUT2D eigenvalue weighted by molar-refractivity contribution is 8.00. The molecular weight excluding hydrogens is 370 g/mol. The van der Waals surface area contributed by atoms with Crippen molar-refractivity contribution in [2.45, 2.75) is 43.0 Å². The third-order valence-corrected chi connectivity index (χ3v) is 6.28. The van der Waals surface area contributed by atoms with E-state index in [4.69, 9.17) is 4.74 Å². The van der Waals surface area contributed by atoms with E-state index in [0.29, 0.717) is 18.0 Å². The molecule has 1 unspecified atom stereocenters. The topological polar surface area (TPSA) is 57.0 Å². The number of Topliss-reactive ketones (excluding diaryl/α,β-unsaturated/α-hetero) is 1. The van der Waals surface area contributed by atoms with Crippen molar-refractivity contribution in [1.29, 1.82) is 0 Å². The molecule has 3 aromatic rings. The number of carbonyl (C=O) groups excluding carboxylic acids is 1. The minimum absolute atomic E-state index is 0.0485. The molecule has 0 N–H and O–H groups in total. The maximum atomic E-state index is 12.4. The van der Waals surface area contributed by atoms with E-state index >= 15 is 0 Å². The van der Waals surface area contributed by atoms with Crippen LogP contribution in [0.3, 0.4) is 0 Å². The molecule has 1 fully saturated rings. The Labute approximate surface area is 169 Å². The molecule has 6 heteroatoms. The summed E-state index contributed by atoms with van der Waals surface area (Å²) in [4.78, 5) is 12.4. The first kappa shape index (κ1) is 18.7. The van der Waals surface area contributed by atoms with Crippen LogP contribution in [0.5, 0.6) is 5.75 Å². The van der Waals surface area contributed by atoms with E-state index in [-0.39, 0.29) is 5.25 Å². The third-order valence-electron chi connectivity index (χ3n) is 5.02. The van der Waals surface area contributed by atoms with Gasteiger partial charge in [-0.1, -0.05) is 48.0 Å². The molecule has 2 aromatic carbocycles. The molecule has 144 valence electrons. The summed E-state index contributed by atoms with van der Waals surface area (Å²) < 4.78 is 7.58. The quantitative estimate of drug-likeness (QED) is 0.620. The van der Waals surface area contributed by atoms with Crippen molar-refractivity contribution in [2.24, 2.45) is 0 Å². The number of thioether (sulfide) groups is 1. The Kier molecular flexibility index (Phi) is 5.48. The van der Waals surface area contributed by atoms with Crippen molar-refractivity contribution < 1.29 is 9.53 Å². The highest BCUT2D eigenvalue weighted by Crippen LogP contribution is 2.36. The Balaban J connectivity index is 1.81. The highest BCUT2D eigenvalue weighted by Gasteiger charge is 2.27. The van der Waals surface area contributed by atoms with Crippen molar-refractivity contribution in [3.63, 3.8) is 0 Å². The summed E-state index contributed by atoms with van der Waals surface area (Å²) in [5, 5.41) is 9.64. The number of hydrogen-bond acceptors (Lipinski definition) is 5. The Hall–Kier alpha value is -2.60. The molecule has 5 nitrogen and oxygen atoms in total. The van der Waals surface area contributed by atoms with Gasteiger partial charge in [-0.15, -0.1) is 10.2 Å². The SMILES string of the molecule is COc1ccccc1-c1nnc(SC2CCCCC2=O)n1-c1ccc(C)cc1. The van der Waals surface area contributed by atoms with Crippen LogP contribution in [0.4, 0.5) is 0 Å². The number of methoxy groups -OCH3 is 1. The summed E-state index contributed by atoms with van der Waals surface area (Å²) in [6.45, 7) is 2.06. The number of rotatable bonds is 5. The fourth-order valence-electron chi connectivity index (χ4n) is 3.48. The summed E-state index contributed by atoms with van der Waals surface area (Å²) in [7, 11) is 1.65. The van der Waals surface area contributed by atoms with Gasteiger partial charge in [-0.2, -0.15) is 0 Å². The lowest BCUT2D eigenvalue weighted by Gasteiger charge is -2.20. The van der Waals surface area contributed by atoms with Crippen LogP contribution in [0, 0.1) is 6.92 Å². The highest BCUT2D eigenvalue weighted by atomic mass is 32.2. The molecule has 1 atom stereocenters. The van der Waals surface area contributed by atoms with Gasteiger partial charge >= 0.3 is 0 Å². The van der Waals surface area contributed by atoms with Crippen molar-refractivity contribution in [1.82, 2.24) is 14.8 Å². The lowest BCUT2D eigenvalue weighted by atomic mass is 9.99. The predicted octanol–water partition coefficient (Wildman–Crippen LogP) is 4.86. The maximum absolute atomic E-state index is 12.4. The second kappa shape index (κ2) is 8.19. The number of benzene rings is 2. The standard InChI is InChI=1S/C22H23N3O2S/c1-15-11-13-16(14-12-15)25-21(17-7-3-5-9-19(17)27-2)23-24-22(25)28-20-10-6-4-8-18(20)26/h3,5,7,9,11-14,20H,4,6,8,10H2,1-2H3. The first-order valence-corrected chi connectivity index (χ1v) is 10.4. The molecule has 1 saturated carbocycles. The van der Waals surface area contributed by atoms with Gasteiger partial charge in [0.15, 0.2) is 11.0 Å².